The Morgan fingerprint density at radius 2 is 1.63 bits per heavy atom. The van der Waals surface area contributed by atoms with Gasteiger partial charge < -0.3 is 15.5 Å². The van der Waals surface area contributed by atoms with E-state index >= 15 is 0 Å². The highest BCUT2D eigenvalue weighted by Gasteiger charge is 2.34. The van der Waals surface area contributed by atoms with Crippen molar-refractivity contribution in [1.82, 2.24) is 14.3 Å². The molecular formula is C20H25N3O6S. The fourth-order valence-electron chi connectivity index (χ4n) is 3.13. The van der Waals surface area contributed by atoms with E-state index in [-0.39, 0.29) is 25.4 Å². The summed E-state index contributed by atoms with van der Waals surface area (Å²) in [6, 6.07) is 14.0. The number of carbonyl (C=O) groups excluding carboxylic acids is 1. The van der Waals surface area contributed by atoms with Gasteiger partial charge in [-0.1, -0.05) is 47.4 Å². The third-order valence-corrected chi connectivity index (χ3v) is 6.27. The predicted octanol–water partition coefficient (Wildman–Crippen LogP) is 1.59. The fourth-order valence-corrected chi connectivity index (χ4v) is 4.40. The molecular weight excluding hydrogens is 410 g/mol. The van der Waals surface area contributed by atoms with E-state index in [9.17, 15) is 23.8 Å². The van der Waals surface area contributed by atoms with Gasteiger partial charge in [0.2, 0.25) is 0 Å². The third kappa shape index (κ3) is 6.02. The molecule has 10 heteroatoms. The van der Waals surface area contributed by atoms with E-state index in [0.29, 0.717) is 18.5 Å². The smallest absolute Gasteiger partial charge is 0.307 e. The highest BCUT2D eigenvalue weighted by molar-refractivity contribution is 8.20. The van der Waals surface area contributed by atoms with Gasteiger partial charge in [-0.05, 0) is 35.2 Å². The Bertz CT molecular complexity index is 888. The zero-order valence-corrected chi connectivity index (χ0v) is 17.0. The van der Waals surface area contributed by atoms with Crippen molar-refractivity contribution in [2.24, 2.45) is 0 Å². The summed E-state index contributed by atoms with van der Waals surface area (Å²) in [5, 5.41) is 21.1. The standard InChI is InChI=1S/C20H25N3O6S/c24-18-13-23(30(28,29)22-18)12-16-5-7-17(8-6-16)20(27)21-10-9-14-1-3-15(4-2-14)11-19(25)26/h1-8,18,22,24,28-29H,9-13H2,(H,21,27)(H,25,26). The SMILES string of the molecule is O=C(O)Cc1ccc(CCNC(=O)c2ccc(CN3CC(O)NS3(O)O)cc2)cc1. The van der Waals surface area contributed by atoms with E-state index in [0.717, 1.165) is 16.7 Å². The summed E-state index contributed by atoms with van der Waals surface area (Å²) in [6.45, 7) is 0.769. The van der Waals surface area contributed by atoms with Crippen LogP contribution in [0.4, 0.5) is 0 Å². The molecule has 1 unspecified atom stereocenters. The lowest BCUT2D eigenvalue weighted by atomic mass is 10.1. The molecule has 2 aromatic carbocycles. The lowest BCUT2D eigenvalue weighted by Gasteiger charge is -2.35. The van der Waals surface area contributed by atoms with Crippen LogP contribution in [-0.2, 0) is 24.2 Å². The number of nitrogens with one attached hydrogen (secondary N) is 2. The van der Waals surface area contributed by atoms with Crippen molar-refractivity contribution in [3.05, 3.63) is 70.8 Å². The van der Waals surface area contributed by atoms with Crippen molar-refractivity contribution in [3.8, 4) is 0 Å². The monoisotopic (exact) mass is 435 g/mol. The van der Waals surface area contributed by atoms with Crippen molar-refractivity contribution < 1.29 is 28.9 Å². The molecule has 30 heavy (non-hydrogen) atoms. The number of nitrogens with zero attached hydrogens (tertiary/aromatic N) is 1. The highest BCUT2D eigenvalue weighted by atomic mass is 32.3. The molecule has 0 radical (unpaired) electrons. The van der Waals surface area contributed by atoms with Gasteiger partial charge in [0.1, 0.15) is 6.23 Å². The minimum absolute atomic E-state index is 0.0131. The molecule has 3 rings (SSSR count). The summed E-state index contributed by atoms with van der Waals surface area (Å²) in [4.78, 5) is 23.0. The average Bonchev–Trinajstić information content (AvgIpc) is 2.94. The Balaban J connectivity index is 1.47. The second kappa shape index (κ2) is 9.56. The Labute approximate surface area is 176 Å². The zero-order valence-electron chi connectivity index (χ0n) is 16.2. The minimum Gasteiger partial charge on any atom is -0.481 e. The van der Waals surface area contributed by atoms with Crippen LogP contribution in [0.2, 0.25) is 0 Å². The number of carboxylic acid groups (broad SMARTS) is 1. The molecule has 6 N–H and O–H groups in total. The van der Waals surface area contributed by atoms with Crippen LogP contribution in [-0.4, -0.2) is 54.8 Å². The van der Waals surface area contributed by atoms with Gasteiger partial charge in [-0.25, -0.2) is 0 Å². The largest absolute Gasteiger partial charge is 0.481 e. The van der Waals surface area contributed by atoms with E-state index in [2.05, 4.69) is 10.0 Å². The first-order valence-electron chi connectivity index (χ1n) is 9.38. The van der Waals surface area contributed by atoms with Crippen LogP contribution in [0.15, 0.2) is 48.5 Å². The highest BCUT2D eigenvalue weighted by Crippen LogP contribution is 2.44. The Kier molecular flexibility index (Phi) is 7.08. The van der Waals surface area contributed by atoms with E-state index < -0.39 is 23.2 Å². The molecule has 1 amide bonds. The van der Waals surface area contributed by atoms with E-state index in [1.165, 1.54) is 4.31 Å². The second-order valence-corrected chi connectivity index (χ2v) is 8.85. The maximum atomic E-state index is 12.3. The first kappa shape index (κ1) is 22.2. The molecule has 0 saturated carbocycles. The van der Waals surface area contributed by atoms with Crippen molar-refractivity contribution in [2.75, 3.05) is 13.1 Å². The number of carbonyl (C=O) groups is 2. The van der Waals surface area contributed by atoms with Gasteiger partial charge in [-0.2, -0.15) is 9.03 Å². The number of benzene rings is 2. The maximum Gasteiger partial charge on any atom is 0.307 e. The Hall–Kier alpha value is -2.47. The van der Waals surface area contributed by atoms with Crippen molar-refractivity contribution in [3.63, 3.8) is 0 Å². The molecule has 2 aromatic rings. The van der Waals surface area contributed by atoms with Gasteiger partial charge in [0.05, 0.1) is 13.0 Å². The number of aliphatic hydroxyl groups excluding tert-OH is 1. The van der Waals surface area contributed by atoms with Crippen LogP contribution < -0.4 is 10.0 Å². The van der Waals surface area contributed by atoms with Crippen LogP contribution in [0.1, 0.15) is 27.0 Å². The fraction of sp³-hybridized carbons (Fsp3) is 0.300. The number of aliphatic hydroxyl groups is 1. The molecule has 9 nitrogen and oxygen atoms in total. The second-order valence-electron chi connectivity index (χ2n) is 7.06. The molecule has 1 atom stereocenters. The molecule has 0 aliphatic carbocycles. The number of hydrogen-bond acceptors (Lipinski definition) is 7. The Morgan fingerprint density at radius 3 is 2.20 bits per heavy atom. The first-order chi connectivity index (χ1) is 14.2. The molecule has 0 bridgehead atoms. The molecule has 1 fully saturated rings. The van der Waals surface area contributed by atoms with Crippen LogP contribution in [0.3, 0.4) is 0 Å². The molecule has 1 heterocycles. The molecule has 1 aliphatic rings. The summed E-state index contributed by atoms with van der Waals surface area (Å²) < 4.78 is 23.4. The zero-order chi connectivity index (χ0) is 21.7. The van der Waals surface area contributed by atoms with E-state index in [1.807, 2.05) is 12.1 Å². The number of rotatable bonds is 8. The average molecular weight is 436 g/mol. The summed E-state index contributed by atoms with van der Waals surface area (Å²) >= 11 is 0. The summed E-state index contributed by atoms with van der Waals surface area (Å²) in [7, 11) is -3.18. The molecule has 1 saturated heterocycles. The maximum absolute atomic E-state index is 12.3. The third-order valence-electron chi connectivity index (χ3n) is 4.68. The summed E-state index contributed by atoms with van der Waals surface area (Å²) in [5.74, 6) is -1.09. The number of aliphatic carboxylic acids is 1. The molecule has 162 valence electrons. The minimum atomic E-state index is -3.18. The van der Waals surface area contributed by atoms with Gasteiger partial charge in [0.25, 0.3) is 5.91 Å². The van der Waals surface area contributed by atoms with Gasteiger partial charge >= 0.3 is 5.97 Å². The topological polar surface area (TPSA) is 142 Å². The van der Waals surface area contributed by atoms with Crippen molar-refractivity contribution in [1.29, 1.82) is 0 Å². The van der Waals surface area contributed by atoms with Crippen molar-refractivity contribution >= 4 is 22.8 Å². The van der Waals surface area contributed by atoms with Gasteiger partial charge in [-0.3, -0.25) is 18.7 Å². The quantitative estimate of drug-likeness (QED) is 0.367. The predicted molar refractivity (Wildman–Crippen MR) is 113 cm³/mol. The molecule has 1 aliphatic heterocycles. The Morgan fingerprint density at radius 1 is 1.03 bits per heavy atom. The van der Waals surface area contributed by atoms with Crippen molar-refractivity contribution in [2.45, 2.75) is 25.6 Å². The van der Waals surface area contributed by atoms with Crippen LogP contribution in [0.5, 0.6) is 0 Å². The van der Waals surface area contributed by atoms with Crippen LogP contribution >= 0.6 is 11.0 Å². The van der Waals surface area contributed by atoms with Gasteiger partial charge in [0, 0.05) is 18.7 Å². The molecule has 0 spiro atoms. The lowest BCUT2D eigenvalue weighted by Crippen LogP contribution is -2.26. The van der Waals surface area contributed by atoms with E-state index in [1.54, 1.807) is 36.4 Å². The lowest BCUT2D eigenvalue weighted by molar-refractivity contribution is -0.136. The summed E-state index contributed by atoms with van der Waals surface area (Å²) in [6.07, 6.45) is -0.381. The number of carboxylic acids is 1. The van der Waals surface area contributed by atoms with Gasteiger partial charge in [-0.15, -0.1) is 0 Å². The summed E-state index contributed by atoms with van der Waals surface area (Å²) in [5.41, 5.74) is 3.00. The van der Waals surface area contributed by atoms with E-state index in [4.69, 9.17) is 5.11 Å². The number of hydrogen-bond donors (Lipinski definition) is 6. The van der Waals surface area contributed by atoms with Crippen LogP contribution in [0.25, 0.3) is 0 Å². The van der Waals surface area contributed by atoms with Gasteiger partial charge in [0.15, 0.2) is 0 Å². The first-order valence-corrected chi connectivity index (χ1v) is 10.9. The van der Waals surface area contributed by atoms with Crippen LogP contribution in [0, 0.1) is 0 Å². The normalized spacial score (nSPS) is 19.4. The number of amides is 1. The molecule has 0 aromatic heterocycles. The number of β-amino-alcohol motifs (C(OH)–C–C–N with tert-alkyl or cyclic N) is 1.